The number of ether oxygens (including phenoxy) is 1. The predicted octanol–water partition coefficient (Wildman–Crippen LogP) is 4.20. The molecule has 0 aliphatic carbocycles. The van der Waals surface area contributed by atoms with Crippen LogP contribution in [0.2, 0.25) is 0 Å². The second-order valence-electron chi connectivity index (χ2n) is 8.68. The van der Waals surface area contributed by atoms with Crippen LogP contribution in [0.1, 0.15) is 66.4 Å². The van der Waals surface area contributed by atoms with Crippen LogP contribution in [0.5, 0.6) is 0 Å². The van der Waals surface area contributed by atoms with Crippen LogP contribution in [0, 0.1) is 0 Å². The molecule has 1 aliphatic rings. The van der Waals surface area contributed by atoms with Crippen molar-refractivity contribution < 1.29 is 9.53 Å². The number of hydrogen-bond acceptors (Lipinski definition) is 7. The summed E-state index contributed by atoms with van der Waals surface area (Å²) in [5.74, 6) is 1.31. The van der Waals surface area contributed by atoms with Crippen LogP contribution in [0.15, 0.2) is 12.3 Å². The van der Waals surface area contributed by atoms with Gasteiger partial charge < -0.3 is 20.3 Å². The third-order valence-corrected chi connectivity index (χ3v) is 4.91. The van der Waals surface area contributed by atoms with Gasteiger partial charge in [0.15, 0.2) is 5.82 Å². The van der Waals surface area contributed by atoms with E-state index in [9.17, 15) is 4.79 Å². The zero-order chi connectivity index (χ0) is 22.6. The van der Waals surface area contributed by atoms with E-state index in [2.05, 4.69) is 33.7 Å². The topological polar surface area (TPSA) is 97.5 Å². The third kappa shape index (κ3) is 5.49. The fraction of sp³-hybridized carbons (Fsp3) is 0.636. The summed E-state index contributed by atoms with van der Waals surface area (Å²) < 4.78 is 5.49. The van der Waals surface area contributed by atoms with Crippen LogP contribution in [-0.2, 0) is 4.74 Å². The van der Waals surface area contributed by atoms with Crippen LogP contribution in [0.3, 0.4) is 0 Å². The van der Waals surface area contributed by atoms with Crippen molar-refractivity contribution in [1.82, 2.24) is 19.9 Å². The second kappa shape index (κ2) is 9.45. The Hall–Kier alpha value is -2.64. The number of carbonyl (C=O) groups excluding carboxylic acids is 1. The van der Waals surface area contributed by atoms with Gasteiger partial charge in [-0.15, -0.1) is 0 Å². The molecule has 0 spiro atoms. The van der Waals surface area contributed by atoms with Crippen LogP contribution in [0.25, 0.3) is 11.0 Å². The van der Waals surface area contributed by atoms with Crippen molar-refractivity contribution in [3.63, 3.8) is 0 Å². The predicted molar refractivity (Wildman–Crippen MR) is 122 cm³/mol. The number of nitrogen functional groups attached to an aromatic ring is 1. The zero-order valence-electron chi connectivity index (χ0n) is 19.6. The van der Waals surface area contributed by atoms with Crippen molar-refractivity contribution in [2.75, 3.05) is 30.8 Å². The van der Waals surface area contributed by atoms with Crippen molar-refractivity contribution in [2.24, 2.45) is 0 Å². The highest BCUT2D eigenvalue weighted by Gasteiger charge is 2.32. The minimum Gasteiger partial charge on any atom is -0.444 e. The molecule has 0 radical (unpaired) electrons. The van der Waals surface area contributed by atoms with E-state index in [0.717, 1.165) is 35.4 Å². The van der Waals surface area contributed by atoms with Crippen LogP contribution >= 0.6 is 0 Å². The lowest BCUT2D eigenvalue weighted by molar-refractivity contribution is 0.0238. The molecule has 8 nitrogen and oxygen atoms in total. The highest BCUT2D eigenvalue weighted by molar-refractivity contribution is 5.87. The van der Waals surface area contributed by atoms with Crippen molar-refractivity contribution in [1.29, 1.82) is 0 Å². The first-order chi connectivity index (χ1) is 14.0. The number of pyridine rings is 1. The highest BCUT2D eigenvalue weighted by Crippen LogP contribution is 2.29. The van der Waals surface area contributed by atoms with Gasteiger partial charge in [0.1, 0.15) is 11.1 Å². The SMILES string of the molecule is CC.CC(C)c1cnc2c(N3CCC(N(C)C(=O)OC(C)(C)C)C3)nc(N)nc2c1. The van der Waals surface area contributed by atoms with Gasteiger partial charge in [-0.3, -0.25) is 4.98 Å². The summed E-state index contributed by atoms with van der Waals surface area (Å²) in [4.78, 5) is 29.6. The van der Waals surface area contributed by atoms with Gasteiger partial charge in [-0.2, -0.15) is 4.98 Å². The molecule has 0 saturated carbocycles. The first kappa shape index (κ1) is 23.6. The molecule has 2 aromatic heterocycles. The van der Waals surface area contributed by atoms with Crippen molar-refractivity contribution in [2.45, 2.75) is 72.4 Å². The number of aromatic nitrogens is 3. The number of likely N-dealkylation sites (N-methyl/N-ethyl adjacent to an activating group) is 1. The summed E-state index contributed by atoms with van der Waals surface area (Å²) >= 11 is 0. The summed E-state index contributed by atoms with van der Waals surface area (Å²) in [6, 6.07) is 2.06. The largest absolute Gasteiger partial charge is 0.444 e. The lowest BCUT2D eigenvalue weighted by atomic mass is 10.1. The van der Waals surface area contributed by atoms with E-state index in [1.165, 1.54) is 0 Å². The van der Waals surface area contributed by atoms with E-state index < -0.39 is 5.60 Å². The Morgan fingerprint density at radius 1 is 1.30 bits per heavy atom. The maximum Gasteiger partial charge on any atom is 0.410 e. The molecule has 1 unspecified atom stereocenters. The summed E-state index contributed by atoms with van der Waals surface area (Å²) in [5.41, 5.74) is 8.05. The van der Waals surface area contributed by atoms with E-state index in [1.807, 2.05) is 46.9 Å². The van der Waals surface area contributed by atoms with Gasteiger partial charge in [-0.25, -0.2) is 9.78 Å². The first-order valence-corrected chi connectivity index (χ1v) is 10.7. The van der Waals surface area contributed by atoms with E-state index in [-0.39, 0.29) is 18.1 Å². The van der Waals surface area contributed by atoms with E-state index in [4.69, 9.17) is 10.5 Å². The Kier molecular flexibility index (Phi) is 7.44. The molecule has 0 aromatic carbocycles. The average Bonchev–Trinajstić information content (AvgIpc) is 3.16. The Labute approximate surface area is 179 Å². The van der Waals surface area contributed by atoms with E-state index in [0.29, 0.717) is 12.5 Å². The zero-order valence-corrected chi connectivity index (χ0v) is 19.6. The van der Waals surface area contributed by atoms with Gasteiger partial charge in [0, 0.05) is 26.3 Å². The number of rotatable bonds is 3. The first-order valence-electron chi connectivity index (χ1n) is 10.7. The molecule has 0 bridgehead atoms. The number of nitrogens with zero attached hydrogens (tertiary/aromatic N) is 5. The fourth-order valence-electron chi connectivity index (χ4n) is 3.31. The number of hydrogen-bond donors (Lipinski definition) is 1. The lowest BCUT2D eigenvalue weighted by Gasteiger charge is -2.28. The van der Waals surface area contributed by atoms with Crippen LogP contribution in [0.4, 0.5) is 16.6 Å². The quantitative estimate of drug-likeness (QED) is 0.800. The Bertz CT molecular complexity index is 878. The molecule has 1 atom stereocenters. The van der Waals surface area contributed by atoms with Gasteiger partial charge in [-0.05, 0) is 44.7 Å². The molecule has 1 fully saturated rings. The maximum absolute atomic E-state index is 12.4. The van der Waals surface area contributed by atoms with Gasteiger partial charge in [0.25, 0.3) is 0 Å². The molecule has 1 amide bonds. The van der Waals surface area contributed by atoms with Crippen molar-refractivity contribution >= 4 is 28.9 Å². The molecule has 8 heteroatoms. The Morgan fingerprint density at radius 2 is 1.97 bits per heavy atom. The Balaban J connectivity index is 0.00000155. The second-order valence-corrected chi connectivity index (χ2v) is 8.68. The summed E-state index contributed by atoms with van der Waals surface area (Å²) in [6.45, 7) is 15.2. The van der Waals surface area contributed by atoms with Crippen molar-refractivity contribution in [3.05, 3.63) is 17.8 Å². The van der Waals surface area contributed by atoms with Crippen LogP contribution in [-0.4, -0.2) is 57.7 Å². The molecule has 2 N–H and O–H groups in total. The number of nitrogens with two attached hydrogens (primary N) is 1. The van der Waals surface area contributed by atoms with E-state index in [1.54, 1.807) is 11.9 Å². The molecule has 30 heavy (non-hydrogen) atoms. The van der Waals surface area contributed by atoms with Gasteiger partial charge in [0.2, 0.25) is 5.95 Å². The van der Waals surface area contributed by atoms with Gasteiger partial charge in [0.05, 0.1) is 11.6 Å². The number of carbonyl (C=O) groups is 1. The molecule has 3 rings (SSSR count). The molecule has 2 aromatic rings. The van der Waals surface area contributed by atoms with E-state index >= 15 is 0 Å². The minimum absolute atomic E-state index is 0.0380. The highest BCUT2D eigenvalue weighted by atomic mass is 16.6. The maximum atomic E-state index is 12.4. The number of anilines is 2. The van der Waals surface area contributed by atoms with Gasteiger partial charge in [-0.1, -0.05) is 27.7 Å². The third-order valence-electron chi connectivity index (χ3n) is 4.91. The molecule has 1 aliphatic heterocycles. The lowest BCUT2D eigenvalue weighted by Crippen LogP contribution is -2.42. The van der Waals surface area contributed by atoms with Crippen molar-refractivity contribution in [3.8, 4) is 0 Å². The summed E-state index contributed by atoms with van der Waals surface area (Å²) in [5, 5.41) is 0. The molecular formula is C22H36N6O2. The van der Waals surface area contributed by atoms with Crippen LogP contribution < -0.4 is 10.6 Å². The Morgan fingerprint density at radius 3 is 2.57 bits per heavy atom. The summed E-state index contributed by atoms with van der Waals surface area (Å²) in [6.07, 6.45) is 2.38. The molecular weight excluding hydrogens is 380 g/mol. The smallest absolute Gasteiger partial charge is 0.410 e. The fourth-order valence-corrected chi connectivity index (χ4v) is 3.31. The monoisotopic (exact) mass is 416 g/mol. The number of fused-ring (bicyclic) bond motifs is 1. The number of amides is 1. The molecule has 1 saturated heterocycles. The van der Waals surface area contributed by atoms with Gasteiger partial charge >= 0.3 is 6.09 Å². The molecule has 166 valence electrons. The molecule has 3 heterocycles. The normalized spacial score (nSPS) is 16.4. The summed E-state index contributed by atoms with van der Waals surface area (Å²) in [7, 11) is 1.78. The minimum atomic E-state index is -0.515. The average molecular weight is 417 g/mol. The standard InChI is InChI=1S/C20H30N6O2.C2H6/c1-12(2)13-9-15-16(22-10-13)17(24-18(21)23-15)26-8-7-14(11-26)25(6)19(27)28-20(3,4)5;1-2/h9-10,12,14H,7-8,11H2,1-6H3,(H2,21,23,24);1-2H3.